The van der Waals surface area contributed by atoms with Crippen molar-refractivity contribution >= 4 is 28.9 Å². The SMILES string of the molecule is CC1=NN(c2ccccc2)C(=O)C1N=Nc1ccc(C(=O)NCCO)cc1. The standard InChI is InChI=1S/C19H19N5O3/c1-13-17(19(27)24(23-13)16-5-3-2-4-6-16)22-21-15-9-7-14(8-10-15)18(26)20-11-12-25/h2-10,17,25H,11-12H2,1H3,(H,20,26). The molecule has 8 heteroatoms. The van der Waals surface area contributed by atoms with E-state index >= 15 is 0 Å². The molecular weight excluding hydrogens is 346 g/mol. The first-order valence-corrected chi connectivity index (χ1v) is 8.44. The van der Waals surface area contributed by atoms with Gasteiger partial charge in [-0.2, -0.15) is 20.3 Å². The van der Waals surface area contributed by atoms with E-state index in [1.807, 2.05) is 18.2 Å². The van der Waals surface area contributed by atoms with Crippen molar-refractivity contribution < 1.29 is 14.7 Å². The molecule has 2 N–H and O–H groups in total. The predicted octanol–water partition coefficient (Wildman–Crippen LogP) is 2.28. The molecule has 1 atom stereocenters. The summed E-state index contributed by atoms with van der Waals surface area (Å²) in [6, 6.07) is 14.9. The molecule has 0 aliphatic carbocycles. The molecule has 138 valence electrons. The Morgan fingerprint density at radius 3 is 2.56 bits per heavy atom. The Balaban J connectivity index is 1.68. The van der Waals surface area contributed by atoms with E-state index in [1.165, 1.54) is 5.01 Å². The normalized spacial score (nSPS) is 16.7. The number of aliphatic hydroxyl groups excluding tert-OH is 1. The number of anilines is 1. The average Bonchev–Trinajstić information content (AvgIpc) is 2.99. The zero-order valence-corrected chi connectivity index (χ0v) is 14.7. The van der Waals surface area contributed by atoms with Gasteiger partial charge in [-0.1, -0.05) is 18.2 Å². The molecule has 1 aliphatic heterocycles. The Morgan fingerprint density at radius 1 is 1.19 bits per heavy atom. The number of hydrogen-bond donors (Lipinski definition) is 2. The first-order valence-electron chi connectivity index (χ1n) is 8.44. The molecule has 1 unspecified atom stereocenters. The maximum atomic E-state index is 12.6. The van der Waals surface area contributed by atoms with Crippen LogP contribution in [0.4, 0.5) is 11.4 Å². The van der Waals surface area contributed by atoms with Gasteiger partial charge >= 0.3 is 0 Å². The molecule has 8 nitrogen and oxygen atoms in total. The van der Waals surface area contributed by atoms with E-state index in [-0.39, 0.29) is 25.0 Å². The minimum atomic E-state index is -0.766. The highest BCUT2D eigenvalue weighted by atomic mass is 16.3. The van der Waals surface area contributed by atoms with Crippen LogP contribution < -0.4 is 10.3 Å². The number of aliphatic hydroxyl groups is 1. The Labute approximate surface area is 156 Å². The lowest BCUT2D eigenvalue weighted by molar-refractivity contribution is -0.117. The zero-order chi connectivity index (χ0) is 19.2. The van der Waals surface area contributed by atoms with Gasteiger partial charge in [0, 0.05) is 12.1 Å². The fourth-order valence-electron chi connectivity index (χ4n) is 2.52. The van der Waals surface area contributed by atoms with Gasteiger partial charge < -0.3 is 10.4 Å². The lowest BCUT2D eigenvalue weighted by Crippen LogP contribution is -2.29. The summed E-state index contributed by atoms with van der Waals surface area (Å²) in [4.78, 5) is 24.4. The van der Waals surface area contributed by atoms with Crippen molar-refractivity contribution in [2.24, 2.45) is 15.3 Å². The summed E-state index contributed by atoms with van der Waals surface area (Å²) in [6.45, 7) is 1.81. The van der Waals surface area contributed by atoms with Crippen LogP contribution in [0.25, 0.3) is 0 Å². The number of hydrazone groups is 1. The topological polar surface area (TPSA) is 107 Å². The Morgan fingerprint density at radius 2 is 1.89 bits per heavy atom. The number of benzene rings is 2. The van der Waals surface area contributed by atoms with E-state index < -0.39 is 6.04 Å². The van der Waals surface area contributed by atoms with Gasteiger partial charge in [0.2, 0.25) is 0 Å². The number of para-hydroxylation sites is 1. The van der Waals surface area contributed by atoms with E-state index in [0.717, 1.165) is 0 Å². The first kappa shape index (κ1) is 18.4. The Hall–Kier alpha value is -3.39. The molecule has 2 aromatic rings. The average molecular weight is 365 g/mol. The second-order valence-electron chi connectivity index (χ2n) is 5.87. The lowest BCUT2D eigenvalue weighted by Gasteiger charge is -2.11. The third-order valence-corrected chi connectivity index (χ3v) is 3.91. The van der Waals surface area contributed by atoms with Crippen LogP contribution >= 0.6 is 0 Å². The molecule has 1 aliphatic rings. The van der Waals surface area contributed by atoms with E-state index in [2.05, 4.69) is 20.6 Å². The molecule has 3 rings (SSSR count). The second-order valence-corrected chi connectivity index (χ2v) is 5.87. The maximum absolute atomic E-state index is 12.6. The third-order valence-electron chi connectivity index (χ3n) is 3.91. The van der Waals surface area contributed by atoms with Crippen LogP contribution in [0, 0.1) is 0 Å². The van der Waals surface area contributed by atoms with Crippen LogP contribution in [0.15, 0.2) is 69.9 Å². The molecule has 0 spiro atoms. The number of nitrogens with zero attached hydrogens (tertiary/aromatic N) is 4. The van der Waals surface area contributed by atoms with Gasteiger partial charge in [0.1, 0.15) is 0 Å². The number of hydrogen-bond acceptors (Lipinski definition) is 6. The van der Waals surface area contributed by atoms with E-state index in [4.69, 9.17) is 5.11 Å². The summed E-state index contributed by atoms with van der Waals surface area (Å²) < 4.78 is 0. The third kappa shape index (κ3) is 4.24. The molecule has 27 heavy (non-hydrogen) atoms. The number of carbonyl (C=O) groups excluding carboxylic acids is 2. The molecule has 0 saturated heterocycles. The van der Waals surface area contributed by atoms with Gasteiger partial charge in [0.05, 0.1) is 23.7 Å². The van der Waals surface area contributed by atoms with Crippen LogP contribution in [-0.2, 0) is 4.79 Å². The Kier molecular flexibility index (Phi) is 5.68. The Bertz CT molecular complexity index is 878. The van der Waals surface area contributed by atoms with Crippen molar-refractivity contribution in [3.05, 3.63) is 60.2 Å². The van der Waals surface area contributed by atoms with E-state index in [0.29, 0.717) is 22.6 Å². The highest BCUT2D eigenvalue weighted by Crippen LogP contribution is 2.23. The van der Waals surface area contributed by atoms with Gasteiger partial charge in [0.25, 0.3) is 11.8 Å². The van der Waals surface area contributed by atoms with Crippen LogP contribution in [-0.4, -0.2) is 41.8 Å². The molecule has 0 fully saturated rings. The molecule has 0 aromatic heterocycles. The summed E-state index contributed by atoms with van der Waals surface area (Å²) in [6.07, 6.45) is 0. The summed E-state index contributed by atoms with van der Waals surface area (Å²) in [5.74, 6) is -0.539. The van der Waals surface area contributed by atoms with Crippen LogP contribution in [0.2, 0.25) is 0 Å². The van der Waals surface area contributed by atoms with Crippen molar-refractivity contribution in [2.75, 3.05) is 18.2 Å². The van der Waals surface area contributed by atoms with Crippen molar-refractivity contribution in [2.45, 2.75) is 13.0 Å². The zero-order valence-electron chi connectivity index (χ0n) is 14.7. The molecule has 0 saturated carbocycles. The van der Waals surface area contributed by atoms with Crippen molar-refractivity contribution in [3.63, 3.8) is 0 Å². The molecule has 0 radical (unpaired) electrons. The smallest absolute Gasteiger partial charge is 0.280 e. The minimum absolute atomic E-state index is 0.117. The van der Waals surface area contributed by atoms with Gasteiger partial charge in [-0.3, -0.25) is 9.59 Å². The number of amides is 2. The lowest BCUT2D eigenvalue weighted by atomic mass is 10.2. The van der Waals surface area contributed by atoms with Crippen molar-refractivity contribution in [1.82, 2.24) is 5.32 Å². The summed E-state index contributed by atoms with van der Waals surface area (Å²) in [5, 5.41) is 25.1. The highest BCUT2D eigenvalue weighted by molar-refractivity contribution is 6.18. The second kappa shape index (κ2) is 8.33. The van der Waals surface area contributed by atoms with E-state index in [9.17, 15) is 9.59 Å². The number of rotatable bonds is 6. The minimum Gasteiger partial charge on any atom is -0.395 e. The fraction of sp³-hybridized carbons (Fsp3) is 0.211. The molecule has 2 amide bonds. The first-order chi connectivity index (χ1) is 13.1. The number of azo groups is 1. The van der Waals surface area contributed by atoms with Gasteiger partial charge in [0.15, 0.2) is 6.04 Å². The quantitative estimate of drug-likeness (QED) is 0.767. The summed E-state index contributed by atoms with van der Waals surface area (Å²) in [5.41, 5.74) is 2.21. The molecular formula is C19H19N5O3. The van der Waals surface area contributed by atoms with Gasteiger partial charge in [-0.05, 0) is 43.3 Å². The highest BCUT2D eigenvalue weighted by Gasteiger charge is 2.34. The number of nitrogens with one attached hydrogen (secondary N) is 1. The van der Waals surface area contributed by atoms with Crippen LogP contribution in [0.5, 0.6) is 0 Å². The molecule has 0 bridgehead atoms. The van der Waals surface area contributed by atoms with Gasteiger partial charge in [-0.25, -0.2) is 0 Å². The summed E-state index contributed by atoms with van der Waals surface area (Å²) >= 11 is 0. The monoisotopic (exact) mass is 365 g/mol. The van der Waals surface area contributed by atoms with Crippen LogP contribution in [0.3, 0.4) is 0 Å². The van der Waals surface area contributed by atoms with Crippen molar-refractivity contribution in [1.29, 1.82) is 0 Å². The van der Waals surface area contributed by atoms with Gasteiger partial charge in [-0.15, -0.1) is 0 Å². The number of carbonyl (C=O) groups is 2. The van der Waals surface area contributed by atoms with Crippen LogP contribution in [0.1, 0.15) is 17.3 Å². The molecule has 2 aromatic carbocycles. The maximum Gasteiger partial charge on any atom is 0.280 e. The molecule has 1 heterocycles. The summed E-state index contributed by atoms with van der Waals surface area (Å²) in [7, 11) is 0. The van der Waals surface area contributed by atoms with E-state index in [1.54, 1.807) is 43.3 Å². The predicted molar refractivity (Wildman–Crippen MR) is 101 cm³/mol. The van der Waals surface area contributed by atoms with Crippen molar-refractivity contribution in [3.8, 4) is 0 Å². The largest absolute Gasteiger partial charge is 0.395 e. The fourth-order valence-corrected chi connectivity index (χ4v) is 2.52.